The lowest BCUT2D eigenvalue weighted by Crippen LogP contribution is -2.42. The van der Waals surface area contributed by atoms with Crippen LogP contribution in [0.1, 0.15) is 59.9 Å². The van der Waals surface area contributed by atoms with Crippen LogP contribution in [0.5, 0.6) is 5.75 Å². The normalized spacial score (nSPS) is 16.4. The molecule has 3 rings (SSSR count). The van der Waals surface area contributed by atoms with E-state index < -0.39 is 5.60 Å². The molecule has 2 N–H and O–H groups in total. The minimum absolute atomic E-state index is 0.335. The summed E-state index contributed by atoms with van der Waals surface area (Å²) < 4.78 is 11.1. The molecule has 1 aliphatic heterocycles. The fourth-order valence-corrected chi connectivity index (χ4v) is 3.93. The molecule has 2 aromatic rings. The van der Waals surface area contributed by atoms with Crippen LogP contribution in [0.3, 0.4) is 0 Å². The molecule has 0 spiro atoms. The molecule has 0 unspecified atom stereocenters. The largest absolute Gasteiger partial charge is 0.491 e. The molecule has 0 atom stereocenters. The average Bonchev–Trinajstić information content (AvgIpc) is 3.04. The predicted octanol–water partition coefficient (Wildman–Crippen LogP) is 3.35. The van der Waals surface area contributed by atoms with Crippen molar-refractivity contribution in [2.75, 3.05) is 32.8 Å². The summed E-state index contributed by atoms with van der Waals surface area (Å²) in [5, 5.41) is 10.9. The van der Waals surface area contributed by atoms with Crippen molar-refractivity contribution in [2.45, 2.75) is 52.1 Å². The first-order valence-corrected chi connectivity index (χ1v) is 10.8. The van der Waals surface area contributed by atoms with Crippen molar-refractivity contribution in [3.8, 4) is 5.75 Å². The molecular weight excluding hydrogens is 382 g/mol. The molecule has 0 bridgehead atoms. The van der Waals surface area contributed by atoms with E-state index in [1.54, 1.807) is 19.3 Å². The fraction of sp³-hybridized carbons (Fsp3) is 0.565. The number of esters is 1. The standard InChI is InChI=1S/C23H33N3O4/c1-4-29-22(27)20-21(17(2)18(3)25-20)30-16-6-5-13-26-14-9-23(28,10-15-26)19-7-11-24-12-8-19/h7-8,11-12,25,28H,4-6,9-10,13-16H2,1-3H3. The van der Waals surface area contributed by atoms with E-state index in [4.69, 9.17) is 9.47 Å². The molecule has 164 valence electrons. The smallest absolute Gasteiger partial charge is 0.358 e. The Morgan fingerprint density at radius 1 is 1.23 bits per heavy atom. The van der Waals surface area contributed by atoms with Gasteiger partial charge in [0.25, 0.3) is 0 Å². The zero-order chi connectivity index (χ0) is 21.6. The first kappa shape index (κ1) is 22.3. The second-order valence-electron chi connectivity index (χ2n) is 7.96. The van der Waals surface area contributed by atoms with E-state index >= 15 is 0 Å². The SMILES string of the molecule is CCOC(=O)c1[nH]c(C)c(C)c1OCCCCN1CCC(O)(c2ccncc2)CC1. The second-order valence-corrected chi connectivity index (χ2v) is 7.96. The number of aromatic amines is 1. The lowest BCUT2D eigenvalue weighted by Gasteiger charge is -2.38. The van der Waals surface area contributed by atoms with Gasteiger partial charge in [0.1, 0.15) is 0 Å². The van der Waals surface area contributed by atoms with Gasteiger partial charge in [0.15, 0.2) is 11.4 Å². The van der Waals surface area contributed by atoms with Gasteiger partial charge >= 0.3 is 5.97 Å². The van der Waals surface area contributed by atoms with Gasteiger partial charge in [0.2, 0.25) is 0 Å². The number of carbonyl (C=O) groups excluding carboxylic acids is 1. The van der Waals surface area contributed by atoms with Crippen molar-refractivity contribution in [2.24, 2.45) is 0 Å². The van der Waals surface area contributed by atoms with Gasteiger partial charge in [-0.05, 0) is 70.7 Å². The molecule has 1 fully saturated rings. The predicted molar refractivity (Wildman–Crippen MR) is 115 cm³/mol. The van der Waals surface area contributed by atoms with Crippen molar-refractivity contribution in [3.05, 3.63) is 47.0 Å². The maximum Gasteiger partial charge on any atom is 0.358 e. The van der Waals surface area contributed by atoms with Crippen LogP contribution in [0, 0.1) is 13.8 Å². The Morgan fingerprint density at radius 2 is 1.93 bits per heavy atom. The third-order valence-corrected chi connectivity index (χ3v) is 5.94. The number of likely N-dealkylation sites (tertiary alicyclic amines) is 1. The maximum absolute atomic E-state index is 12.1. The summed E-state index contributed by atoms with van der Waals surface area (Å²) >= 11 is 0. The number of pyridine rings is 1. The van der Waals surface area contributed by atoms with Crippen molar-refractivity contribution in [1.29, 1.82) is 0 Å². The molecule has 1 saturated heterocycles. The zero-order valence-corrected chi connectivity index (χ0v) is 18.2. The Bertz CT molecular complexity index is 826. The van der Waals surface area contributed by atoms with Gasteiger partial charge in [-0.3, -0.25) is 4.98 Å². The van der Waals surface area contributed by atoms with E-state index in [1.165, 1.54) is 0 Å². The molecule has 0 amide bonds. The van der Waals surface area contributed by atoms with Crippen molar-refractivity contribution >= 4 is 5.97 Å². The van der Waals surface area contributed by atoms with Crippen molar-refractivity contribution in [3.63, 3.8) is 0 Å². The van der Waals surface area contributed by atoms with Gasteiger partial charge in [0.05, 0.1) is 18.8 Å². The van der Waals surface area contributed by atoms with E-state index in [-0.39, 0.29) is 5.97 Å². The quantitative estimate of drug-likeness (QED) is 0.482. The Kier molecular flexibility index (Phi) is 7.50. The summed E-state index contributed by atoms with van der Waals surface area (Å²) in [6.45, 7) is 9.29. The Balaban J connectivity index is 1.41. The maximum atomic E-state index is 12.1. The van der Waals surface area contributed by atoms with Crippen LogP contribution in [0.25, 0.3) is 0 Å². The second kappa shape index (κ2) is 10.1. The van der Waals surface area contributed by atoms with Gasteiger partial charge in [-0.1, -0.05) is 0 Å². The summed E-state index contributed by atoms with van der Waals surface area (Å²) in [6.07, 6.45) is 6.85. The third-order valence-electron chi connectivity index (χ3n) is 5.94. The first-order chi connectivity index (χ1) is 14.4. The van der Waals surface area contributed by atoms with Crippen LogP contribution in [0.15, 0.2) is 24.5 Å². The number of carbonyl (C=O) groups is 1. The lowest BCUT2D eigenvalue weighted by atomic mass is 9.85. The molecule has 30 heavy (non-hydrogen) atoms. The molecule has 7 nitrogen and oxygen atoms in total. The van der Waals surface area contributed by atoms with Crippen LogP contribution < -0.4 is 4.74 Å². The Labute approximate surface area is 178 Å². The molecular formula is C23H33N3O4. The molecule has 0 radical (unpaired) electrons. The van der Waals surface area contributed by atoms with E-state index in [1.807, 2.05) is 26.0 Å². The number of piperidine rings is 1. The van der Waals surface area contributed by atoms with Crippen LogP contribution in [0.4, 0.5) is 0 Å². The van der Waals surface area contributed by atoms with Crippen LogP contribution in [-0.4, -0.2) is 58.8 Å². The monoisotopic (exact) mass is 415 g/mol. The highest BCUT2D eigenvalue weighted by molar-refractivity contribution is 5.91. The van der Waals surface area contributed by atoms with Gasteiger partial charge < -0.3 is 24.5 Å². The first-order valence-electron chi connectivity index (χ1n) is 10.8. The Morgan fingerprint density at radius 3 is 2.60 bits per heavy atom. The van der Waals surface area contributed by atoms with E-state index in [0.29, 0.717) is 24.7 Å². The molecule has 0 aromatic carbocycles. The number of unbranched alkanes of at least 4 members (excludes halogenated alkanes) is 1. The number of hydrogen-bond acceptors (Lipinski definition) is 6. The number of rotatable bonds is 9. The van der Waals surface area contributed by atoms with Gasteiger partial charge in [-0.15, -0.1) is 0 Å². The van der Waals surface area contributed by atoms with Crippen LogP contribution in [-0.2, 0) is 10.3 Å². The molecule has 0 saturated carbocycles. The van der Waals surface area contributed by atoms with E-state index in [2.05, 4.69) is 14.9 Å². The number of nitrogens with zero attached hydrogens (tertiary/aromatic N) is 2. The number of ether oxygens (including phenoxy) is 2. The number of aryl methyl sites for hydroxylation is 1. The highest BCUT2D eigenvalue weighted by Crippen LogP contribution is 2.32. The van der Waals surface area contributed by atoms with E-state index in [9.17, 15) is 9.90 Å². The molecule has 2 aromatic heterocycles. The summed E-state index contributed by atoms with van der Waals surface area (Å²) in [5.74, 6) is 0.227. The van der Waals surface area contributed by atoms with E-state index in [0.717, 1.165) is 62.1 Å². The number of hydrogen-bond donors (Lipinski definition) is 2. The number of aliphatic hydroxyl groups is 1. The Hall–Kier alpha value is -2.38. The van der Waals surface area contributed by atoms with Crippen LogP contribution in [0.2, 0.25) is 0 Å². The van der Waals surface area contributed by atoms with Crippen molar-refractivity contribution < 1.29 is 19.4 Å². The summed E-state index contributed by atoms with van der Waals surface area (Å²) in [5.41, 5.74) is 2.49. The lowest BCUT2D eigenvalue weighted by molar-refractivity contribution is -0.0262. The van der Waals surface area contributed by atoms with Crippen LogP contribution >= 0.6 is 0 Å². The highest BCUT2D eigenvalue weighted by Gasteiger charge is 2.33. The highest BCUT2D eigenvalue weighted by atomic mass is 16.5. The molecule has 7 heteroatoms. The zero-order valence-electron chi connectivity index (χ0n) is 18.2. The summed E-state index contributed by atoms with van der Waals surface area (Å²) in [6, 6.07) is 3.81. The van der Waals surface area contributed by atoms with Gasteiger partial charge in [-0.2, -0.15) is 0 Å². The third kappa shape index (κ3) is 5.21. The summed E-state index contributed by atoms with van der Waals surface area (Å²) in [7, 11) is 0. The fourth-order valence-electron chi connectivity index (χ4n) is 3.93. The summed E-state index contributed by atoms with van der Waals surface area (Å²) in [4.78, 5) is 21.6. The molecule has 0 aliphatic carbocycles. The molecule has 3 heterocycles. The number of nitrogens with one attached hydrogen (secondary N) is 1. The molecule has 1 aliphatic rings. The minimum Gasteiger partial charge on any atom is -0.491 e. The van der Waals surface area contributed by atoms with Gasteiger partial charge in [-0.25, -0.2) is 4.79 Å². The van der Waals surface area contributed by atoms with Gasteiger partial charge in [0, 0.05) is 36.7 Å². The number of aromatic nitrogens is 2. The number of H-pyrrole nitrogens is 1. The minimum atomic E-state index is -0.740. The average molecular weight is 416 g/mol. The van der Waals surface area contributed by atoms with Crippen molar-refractivity contribution in [1.82, 2.24) is 14.9 Å². The topological polar surface area (TPSA) is 87.7 Å².